The van der Waals surface area contributed by atoms with Gasteiger partial charge in [-0.3, -0.25) is 0 Å². The fourth-order valence-electron chi connectivity index (χ4n) is 2.84. The zero-order chi connectivity index (χ0) is 30.7. The van der Waals surface area contributed by atoms with Gasteiger partial charge in [-0.2, -0.15) is 0 Å². The molecule has 0 fully saturated rings. The smallest absolute Gasteiger partial charge is 0.463 e. The maximum Gasteiger partial charge on any atom is 0.501 e. The molecule has 0 saturated carbocycles. The summed E-state index contributed by atoms with van der Waals surface area (Å²) in [6.07, 6.45) is 2.33. The normalized spacial score (nSPS) is 11.4. The van der Waals surface area contributed by atoms with Gasteiger partial charge in [-0.25, -0.2) is 9.59 Å². The third kappa shape index (κ3) is 20.4. The zero-order valence-corrected chi connectivity index (χ0v) is 27.3. The Labute approximate surface area is 241 Å². The van der Waals surface area contributed by atoms with Crippen molar-refractivity contribution in [2.24, 2.45) is 0 Å². The topological polar surface area (TPSA) is 136 Å². The number of carbonyl (C=O) groups is 2. The van der Waals surface area contributed by atoms with Gasteiger partial charge >= 0.3 is 29.5 Å². The Morgan fingerprint density at radius 3 is 1.38 bits per heavy atom. The van der Waals surface area contributed by atoms with E-state index < -0.39 is 29.5 Å². The van der Waals surface area contributed by atoms with Gasteiger partial charge < -0.3 is 50.2 Å². The van der Waals surface area contributed by atoms with Crippen LogP contribution in [0.2, 0.25) is 12.1 Å². The van der Waals surface area contributed by atoms with Gasteiger partial charge in [-0.15, -0.1) is 0 Å². The molecule has 0 amide bonds. The van der Waals surface area contributed by atoms with Crippen LogP contribution in [0.1, 0.15) is 19.8 Å². The van der Waals surface area contributed by atoms with Gasteiger partial charge in [0.2, 0.25) is 0 Å². The lowest BCUT2D eigenvalue weighted by Crippen LogP contribution is -2.48. The fraction of sp³-hybridized carbons (Fsp3) is 0.760. The Hall–Kier alpha value is -1.51. The van der Waals surface area contributed by atoms with Crippen LogP contribution in [-0.4, -0.2) is 125 Å². The summed E-state index contributed by atoms with van der Waals surface area (Å²) in [5, 5.41) is 0. The third-order valence-corrected chi connectivity index (χ3v) is 10.7. The molecule has 0 atom stereocenters. The lowest BCUT2D eigenvalue weighted by Gasteiger charge is -2.29. The van der Waals surface area contributed by atoms with E-state index in [9.17, 15) is 9.59 Å². The summed E-state index contributed by atoms with van der Waals surface area (Å²) in [4.78, 5) is 22.2. The van der Waals surface area contributed by atoms with Crippen LogP contribution in [0.4, 0.5) is 0 Å². The Morgan fingerprint density at radius 2 is 1.02 bits per heavy atom. The molecule has 0 aromatic rings. The van der Waals surface area contributed by atoms with Gasteiger partial charge in [0.1, 0.15) is 0 Å². The van der Waals surface area contributed by atoms with E-state index >= 15 is 0 Å². The predicted molar refractivity (Wildman–Crippen MR) is 152 cm³/mol. The van der Waals surface area contributed by atoms with Crippen molar-refractivity contribution in [3.05, 3.63) is 24.8 Å². The summed E-state index contributed by atoms with van der Waals surface area (Å²) < 4.78 is 58.4. The van der Waals surface area contributed by atoms with Gasteiger partial charge in [0.05, 0.1) is 52.9 Å². The van der Waals surface area contributed by atoms with Crippen molar-refractivity contribution >= 4 is 29.5 Å². The van der Waals surface area contributed by atoms with Crippen molar-refractivity contribution in [3.63, 3.8) is 0 Å². The lowest BCUT2D eigenvalue weighted by molar-refractivity contribution is -0.139. The van der Waals surface area contributed by atoms with Crippen LogP contribution in [0.15, 0.2) is 24.8 Å². The van der Waals surface area contributed by atoms with Crippen LogP contribution >= 0.6 is 0 Å². The highest BCUT2D eigenvalue weighted by Crippen LogP contribution is 2.19. The first-order chi connectivity index (χ1) is 19.1. The summed E-state index contributed by atoms with van der Waals surface area (Å²) in [5.74, 6) is -0.831. The molecule has 0 saturated heterocycles. The summed E-state index contributed by atoms with van der Waals surface area (Å²) in [5.41, 5.74) is 0.368. The van der Waals surface area contributed by atoms with Crippen molar-refractivity contribution in [2.75, 3.05) is 95.5 Å². The molecule has 0 aliphatic rings. The third-order valence-electron chi connectivity index (χ3n) is 5.01. The number of ether oxygens (including phenoxy) is 5. The maximum absolute atomic E-state index is 11.4. The molecule has 0 N–H and O–H groups in total. The number of carbonyl (C=O) groups excluding carboxylic acids is 2. The highest BCUT2D eigenvalue weighted by molar-refractivity contribution is 6.61. The predicted octanol–water partition coefficient (Wildman–Crippen LogP) is 2.41. The van der Waals surface area contributed by atoms with Crippen LogP contribution in [0, 0.1) is 0 Å². The number of rotatable bonds is 25. The van der Waals surface area contributed by atoms with Crippen LogP contribution in [0.3, 0.4) is 0 Å². The molecule has 0 radical (unpaired) electrons. The summed E-state index contributed by atoms with van der Waals surface area (Å²) >= 11 is 0. The fourth-order valence-corrected chi connectivity index (χ4v) is 6.97. The number of hydrogen-bond acceptors (Lipinski definition) is 13. The molecule has 0 aliphatic heterocycles. The van der Waals surface area contributed by atoms with Crippen LogP contribution < -0.4 is 0 Å². The van der Waals surface area contributed by atoms with Crippen molar-refractivity contribution < 1.29 is 59.8 Å². The van der Waals surface area contributed by atoms with Crippen molar-refractivity contribution in [3.8, 4) is 0 Å². The van der Waals surface area contributed by atoms with Gasteiger partial charge in [0.25, 0.3) is 0 Å². The summed E-state index contributed by atoms with van der Waals surface area (Å²) in [6, 6.07) is 1.12. The van der Waals surface area contributed by atoms with Crippen LogP contribution in [0.5, 0.6) is 0 Å². The molecule has 0 spiro atoms. The standard InChI is InChI=1S/C16H32O8Si.C9H18O5Si/c1-15(2)16(17)21-7-6-14-25(22-11-8-18-3,23-12-9-19-4)24-13-10-20-5;1-5-9(10)14-7-6-8-15(11-2,12-3)13-4/h1,6-14H2,2-5H3;5H,1,6-8H2,2-4H3. The number of hydrogen-bond donors (Lipinski definition) is 0. The average Bonchev–Trinajstić information content (AvgIpc) is 2.96. The monoisotopic (exact) mass is 614 g/mol. The highest BCUT2D eigenvalue weighted by Gasteiger charge is 2.41. The first-order valence-corrected chi connectivity index (χ1v) is 16.7. The van der Waals surface area contributed by atoms with E-state index in [0.717, 1.165) is 6.08 Å². The molecule has 0 heterocycles. The molecule has 15 heteroatoms. The van der Waals surface area contributed by atoms with E-state index in [1.165, 1.54) is 0 Å². The lowest BCUT2D eigenvalue weighted by atomic mass is 10.4. The molecule has 0 bridgehead atoms. The van der Waals surface area contributed by atoms with Gasteiger partial charge in [-0.1, -0.05) is 13.2 Å². The molecule has 40 heavy (non-hydrogen) atoms. The van der Waals surface area contributed by atoms with E-state index in [2.05, 4.69) is 13.2 Å². The van der Waals surface area contributed by atoms with Gasteiger partial charge in [0.15, 0.2) is 0 Å². The number of methoxy groups -OCH3 is 3. The first-order valence-electron chi connectivity index (χ1n) is 12.8. The maximum atomic E-state index is 11.4. The first kappa shape index (κ1) is 40.6. The molecule has 0 unspecified atom stereocenters. The Balaban J connectivity index is 0. The van der Waals surface area contributed by atoms with Gasteiger partial charge in [-0.05, 0) is 19.8 Å². The van der Waals surface area contributed by atoms with Crippen LogP contribution in [-0.2, 0) is 59.8 Å². The van der Waals surface area contributed by atoms with Crippen molar-refractivity contribution in [1.82, 2.24) is 0 Å². The summed E-state index contributed by atoms with van der Waals surface area (Å²) in [7, 11) is 3.97. The molecule has 236 valence electrons. The molecule has 0 aromatic carbocycles. The molecule has 0 aliphatic carbocycles. The van der Waals surface area contributed by atoms with E-state index in [0.29, 0.717) is 76.8 Å². The second-order valence-electron chi connectivity index (χ2n) is 8.00. The Morgan fingerprint density at radius 1 is 0.625 bits per heavy atom. The van der Waals surface area contributed by atoms with Gasteiger partial charge in [0, 0.05) is 66.4 Å². The van der Waals surface area contributed by atoms with Crippen LogP contribution in [0.25, 0.3) is 0 Å². The Kier molecular flexibility index (Phi) is 26.8. The summed E-state index contributed by atoms with van der Waals surface area (Å²) in [6.45, 7) is 11.4. The SMILES string of the molecule is C=C(C)C(=O)OCCC[Si](OCCOC)(OCCOC)OCCOC.C=CC(=O)OCCC[Si](OC)(OC)OC. The molecule has 0 aromatic heterocycles. The minimum Gasteiger partial charge on any atom is -0.463 e. The minimum atomic E-state index is -2.96. The average molecular weight is 615 g/mol. The highest BCUT2D eigenvalue weighted by atomic mass is 28.4. The quantitative estimate of drug-likeness (QED) is 0.0645. The molecule has 13 nitrogen and oxygen atoms in total. The minimum absolute atomic E-state index is 0.245. The van der Waals surface area contributed by atoms with Crippen molar-refractivity contribution in [1.29, 1.82) is 0 Å². The zero-order valence-electron chi connectivity index (χ0n) is 25.3. The second kappa shape index (κ2) is 26.4. The Bertz CT molecular complexity index is 640. The molecular weight excluding hydrogens is 564 g/mol. The van der Waals surface area contributed by atoms with Crippen molar-refractivity contribution in [2.45, 2.75) is 31.9 Å². The number of esters is 2. The molecule has 0 rings (SSSR count). The molecular formula is C25H50O13Si2. The van der Waals surface area contributed by atoms with E-state index in [4.69, 9.17) is 50.2 Å². The second-order valence-corrected chi connectivity index (χ2v) is 13.8. The van der Waals surface area contributed by atoms with E-state index in [-0.39, 0.29) is 6.61 Å². The van der Waals surface area contributed by atoms with E-state index in [1.54, 1.807) is 49.6 Å². The van der Waals surface area contributed by atoms with E-state index in [1.807, 2.05) is 0 Å². The largest absolute Gasteiger partial charge is 0.501 e.